The molecule has 0 saturated heterocycles. The van der Waals surface area contributed by atoms with Crippen molar-refractivity contribution in [3.8, 4) is 11.1 Å². The Morgan fingerprint density at radius 1 is 0.804 bits per heavy atom. The zero-order chi connectivity index (χ0) is 31.2. The summed E-state index contributed by atoms with van der Waals surface area (Å²) in [5, 5.41) is 0. The standard InChI is InChI=1S/C17H23.C17H17.C9H10.2ClH.Zr/c1-11-3-4-14(5-11)17(2)15-7-12-6-13(9-15)10-16(17)8-12;1-10-5-14-9-15-6-11(2)13(4)8-17(15)16(14)7-12(10)3;1-2-6-9-7-4-3-5-8-9;;;/h3-5,12-13,15-16H,6-10H2,1-2H3;5,7-8H,9H2,1-4H3;3-5,7-8H,2H2,1H3;2*1H;/q2*-1;;;;+2/p-2. The Labute approximate surface area is 306 Å². The molecule has 46 heavy (non-hydrogen) atoms. The number of fused-ring (bicyclic) bond motifs is 3. The molecular weight excluding hydrogens is 679 g/mol. The van der Waals surface area contributed by atoms with Crippen molar-refractivity contribution in [1.29, 1.82) is 0 Å². The Balaban J connectivity index is 0.000000159. The molecule has 0 nitrogen and oxygen atoms in total. The van der Waals surface area contributed by atoms with Gasteiger partial charge in [0.2, 0.25) is 0 Å². The third-order valence-corrected chi connectivity index (χ3v) is 13.4. The molecule has 0 radical (unpaired) electrons. The zero-order valence-electron chi connectivity index (χ0n) is 28.9. The summed E-state index contributed by atoms with van der Waals surface area (Å²) in [5.74, 6) is 4.14. The van der Waals surface area contributed by atoms with E-state index in [0.29, 0.717) is 5.41 Å². The molecule has 5 aliphatic carbocycles. The van der Waals surface area contributed by atoms with Gasteiger partial charge in [-0.15, -0.1) is 11.1 Å². The second kappa shape index (κ2) is 15.3. The average molecular weight is 729 g/mol. The summed E-state index contributed by atoms with van der Waals surface area (Å²) in [6.45, 7) is 15.7. The average Bonchev–Trinajstić information content (AvgIpc) is 3.60. The fourth-order valence-corrected chi connectivity index (χ4v) is 9.43. The van der Waals surface area contributed by atoms with Crippen LogP contribution < -0.4 is 24.8 Å². The van der Waals surface area contributed by atoms with Crippen molar-refractivity contribution in [3.63, 3.8) is 0 Å². The van der Waals surface area contributed by atoms with Crippen LogP contribution in [-0.2, 0) is 36.1 Å². The van der Waals surface area contributed by atoms with Crippen LogP contribution in [-0.4, -0.2) is 3.21 Å². The van der Waals surface area contributed by atoms with Gasteiger partial charge in [-0.2, -0.15) is 46.5 Å². The first-order chi connectivity index (χ1) is 21.1. The van der Waals surface area contributed by atoms with Crippen LogP contribution in [0.3, 0.4) is 0 Å². The van der Waals surface area contributed by atoms with Gasteiger partial charge in [0.25, 0.3) is 0 Å². The smallest absolute Gasteiger partial charge is 0.0253 e. The number of hydrogen-bond donors (Lipinski definition) is 0. The first-order valence-corrected chi connectivity index (χ1v) is 18.3. The van der Waals surface area contributed by atoms with Crippen molar-refractivity contribution < 1.29 is 49.0 Å². The van der Waals surface area contributed by atoms with Gasteiger partial charge < -0.3 is 24.8 Å². The predicted molar refractivity (Wildman–Crippen MR) is 184 cm³/mol. The maximum atomic E-state index is 3.54. The molecule has 4 aromatic rings. The van der Waals surface area contributed by atoms with E-state index in [1.54, 1.807) is 15.2 Å². The Hall–Kier alpha value is -1.66. The van der Waals surface area contributed by atoms with Crippen LogP contribution in [0.4, 0.5) is 0 Å². The van der Waals surface area contributed by atoms with Crippen LogP contribution in [0, 0.1) is 64.4 Å². The largest absolute Gasteiger partial charge is 1.00 e. The molecule has 4 bridgehead atoms. The Morgan fingerprint density at radius 3 is 1.96 bits per heavy atom. The molecule has 242 valence electrons. The van der Waals surface area contributed by atoms with E-state index in [1.165, 1.54) is 112 Å². The van der Waals surface area contributed by atoms with Gasteiger partial charge in [0, 0.05) is 0 Å². The Bertz CT molecular complexity index is 1580. The second-order valence-electron chi connectivity index (χ2n) is 14.7. The van der Waals surface area contributed by atoms with Gasteiger partial charge in [-0.1, -0.05) is 50.8 Å². The minimum Gasteiger partial charge on any atom is -1.00 e. The first-order valence-electron chi connectivity index (χ1n) is 17.1. The molecular formula is C43H50Cl2Zr-2. The number of halogens is 2. The van der Waals surface area contributed by atoms with E-state index in [1.807, 2.05) is 0 Å². The summed E-state index contributed by atoms with van der Waals surface area (Å²) in [6, 6.07) is 28.3. The SMILES string of the molecule is CC[C](=[Zr+2])c1ccccc1.Cc1[c-]c2c(cc1C)-c1cc(C)c(C)cc1C2.Cc1cc(C2(C)C3CC4CC(C3)CC2C4)c[cH-]1.[Cl-].[Cl-]. The van der Waals surface area contributed by atoms with Gasteiger partial charge in [-0.3, -0.25) is 0 Å². The second-order valence-corrected chi connectivity index (χ2v) is 16.2. The number of hydrogen-bond acceptors (Lipinski definition) is 0. The van der Waals surface area contributed by atoms with E-state index in [2.05, 4.69) is 121 Å². The molecule has 4 fully saturated rings. The minimum absolute atomic E-state index is 0. The molecule has 0 spiro atoms. The summed E-state index contributed by atoms with van der Waals surface area (Å²) in [4.78, 5) is 0. The van der Waals surface area contributed by atoms with E-state index in [9.17, 15) is 0 Å². The van der Waals surface area contributed by atoms with Gasteiger partial charge >= 0.3 is 76.7 Å². The molecule has 4 saturated carbocycles. The van der Waals surface area contributed by atoms with Crippen LogP contribution in [0.5, 0.6) is 0 Å². The normalized spacial score (nSPS) is 24.3. The molecule has 9 rings (SSSR count). The van der Waals surface area contributed by atoms with Crippen LogP contribution in [0.1, 0.15) is 102 Å². The summed E-state index contributed by atoms with van der Waals surface area (Å²) < 4.78 is 1.55. The van der Waals surface area contributed by atoms with Crippen molar-refractivity contribution in [2.45, 2.75) is 98.8 Å². The van der Waals surface area contributed by atoms with Crippen LogP contribution in [0.15, 0.2) is 66.7 Å². The fourth-order valence-electron chi connectivity index (χ4n) is 9.02. The fraction of sp³-hybridized carbons (Fsp3) is 0.442. The Morgan fingerprint density at radius 2 is 1.39 bits per heavy atom. The molecule has 0 heterocycles. The molecule has 0 N–H and O–H groups in total. The van der Waals surface area contributed by atoms with Gasteiger partial charge in [-0.25, -0.2) is 6.07 Å². The topological polar surface area (TPSA) is 0 Å². The van der Waals surface area contributed by atoms with Crippen LogP contribution >= 0.6 is 0 Å². The van der Waals surface area contributed by atoms with E-state index >= 15 is 0 Å². The van der Waals surface area contributed by atoms with Gasteiger partial charge in [0.15, 0.2) is 0 Å². The molecule has 0 amide bonds. The van der Waals surface area contributed by atoms with Crippen molar-refractivity contribution in [2.75, 3.05) is 0 Å². The first kappa shape index (κ1) is 37.2. The number of rotatable bonds is 3. The van der Waals surface area contributed by atoms with Crippen LogP contribution in [0.2, 0.25) is 0 Å². The predicted octanol–water partition coefficient (Wildman–Crippen LogP) is 4.89. The van der Waals surface area contributed by atoms with Crippen LogP contribution in [0.25, 0.3) is 11.1 Å². The summed E-state index contributed by atoms with van der Waals surface area (Å²) in [5.41, 5.74) is 16.1. The third kappa shape index (κ3) is 7.33. The van der Waals surface area contributed by atoms with E-state index < -0.39 is 0 Å². The van der Waals surface area contributed by atoms with E-state index in [4.69, 9.17) is 0 Å². The molecule has 0 aromatic heterocycles. The minimum atomic E-state index is 0. The van der Waals surface area contributed by atoms with Gasteiger partial charge in [-0.05, 0) is 92.7 Å². The van der Waals surface area contributed by atoms with E-state index in [0.717, 1.165) is 30.1 Å². The van der Waals surface area contributed by atoms with Gasteiger partial charge in [0.05, 0.1) is 0 Å². The summed E-state index contributed by atoms with van der Waals surface area (Å²) >= 11 is 1.54. The van der Waals surface area contributed by atoms with Crippen molar-refractivity contribution in [1.82, 2.24) is 0 Å². The molecule has 5 aliphatic rings. The molecule has 0 atom stereocenters. The molecule has 3 heteroatoms. The summed E-state index contributed by atoms with van der Waals surface area (Å²) in [7, 11) is 0. The number of benzene rings is 3. The third-order valence-electron chi connectivity index (χ3n) is 11.8. The molecule has 4 aromatic carbocycles. The summed E-state index contributed by atoms with van der Waals surface area (Å²) in [6.07, 6.45) is 9.88. The maximum Gasteiger partial charge on any atom is -0.0253 e. The monoisotopic (exact) mass is 726 g/mol. The van der Waals surface area contributed by atoms with Gasteiger partial charge in [0.1, 0.15) is 0 Å². The molecule has 0 unspecified atom stereocenters. The van der Waals surface area contributed by atoms with E-state index in [-0.39, 0.29) is 24.8 Å². The maximum absolute atomic E-state index is 3.54. The van der Waals surface area contributed by atoms with Crippen molar-refractivity contribution in [3.05, 3.63) is 123 Å². The number of aryl methyl sites for hydroxylation is 5. The quantitative estimate of drug-likeness (QED) is 0.233. The van der Waals surface area contributed by atoms with Crippen molar-refractivity contribution >= 4 is 3.21 Å². The zero-order valence-corrected chi connectivity index (χ0v) is 32.8. The Kier molecular flexibility index (Phi) is 12.3. The van der Waals surface area contributed by atoms with Crippen molar-refractivity contribution in [2.24, 2.45) is 23.7 Å². The molecule has 0 aliphatic heterocycles.